The van der Waals surface area contributed by atoms with Crippen LogP contribution in [-0.4, -0.2) is 76.5 Å². The molecule has 1 aliphatic heterocycles. The van der Waals surface area contributed by atoms with E-state index in [1.807, 2.05) is 0 Å². The first-order valence-electron chi connectivity index (χ1n) is 10.7. The molecule has 0 aromatic carbocycles. The molecule has 1 saturated heterocycles. The molecule has 4 rings (SSSR count). The van der Waals surface area contributed by atoms with E-state index in [0.717, 1.165) is 31.9 Å². The van der Waals surface area contributed by atoms with Crippen LogP contribution in [-0.2, 0) is 24.6 Å². The van der Waals surface area contributed by atoms with Crippen molar-refractivity contribution in [3.8, 4) is 0 Å². The first-order chi connectivity index (χ1) is 16.6. The van der Waals surface area contributed by atoms with Crippen molar-refractivity contribution in [3.05, 3.63) is 12.0 Å². The summed E-state index contributed by atoms with van der Waals surface area (Å²) in [4.78, 5) is 34.3. The van der Waals surface area contributed by atoms with Gasteiger partial charge < -0.3 is 34.4 Å². The Morgan fingerprint density at radius 1 is 1.19 bits per heavy atom. The number of nitrogens with zero attached hydrogens (tertiary/aromatic N) is 4. The summed E-state index contributed by atoms with van der Waals surface area (Å²) in [6.45, 7) is -0.942. The molecule has 0 amide bonds. The second kappa shape index (κ2) is 9.87. The monoisotopic (exact) mass is 563 g/mol. The van der Waals surface area contributed by atoms with Crippen LogP contribution in [0.15, 0.2) is 6.20 Å². The summed E-state index contributed by atoms with van der Waals surface area (Å²) < 4.78 is 88.9. The van der Waals surface area contributed by atoms with Crippen LogP contribution in [0.5, 0.6) is 0 Å². The Hall–Kier alpha value is -1.71. The van der Waals surface area contributed by atoms with Crippen molar-refractivity contribution in [2.24, 2.45) is 0 Å². The number of nitrogens with one attached hydrogen (secondary N) is 1. The Bertz CT molecular complexity index is 1200. The maximum absolute atomic E-state index is 14.9. The topological polar surface area (TPSA) is 189 Å². The number of rotatable bonds is 8. The highest BCUT2D eigenvalue weighted by Gasteiger charge is 2.48. The van der Waals surface area contributed by atoms with Crippen LogP contribution in [0.3, 0.4) is 0 Å². The fraction of sp³-hybridized carbons (Fsp3) is 0.706. The van der Waals surface area contributed by atoms with Crippen LogP contribution in [0.4, 0.5) is 23.4 Å². The minimum absolute atomic E-state index is 0.0568. The molecule has 202 valence electrons. The number of anilines is 1. The lowest BCUT2D eigenvalue weighted by atomic mass is 10.1. The SMILES string of the molecule is O=P(O)(O)CP(=O)(O)OC[C@H]1O[C@@H](n2ncc3c(NC4CCCC4)nc(C(F)(F)F)nc32)[C@@H](F)[C@@H]1O. The van der Waals surface area contributed by atoms with Crippen LogP contribution in [0.25, 0.3) is 11.0 Å². The largest absolute Gasteiger partial charge is 0.451 e. The Balaban J connectivity index is 1.61. The molecule has 0 spiro atoms. The van der Waals surface area contributed by atoms with Gasteiger partial charge in [0.15, 0.2) is 23.9 Å². The lowest BCUT2D eigenvalue weighted by Crippen LogP contribution is -2.31. The van der Waals surface area contributed by atoms with E-state index < -0.39 is 70.0 Å². The molecule has 0 bridgehead atoms. The highest BCUT2D eigenvalue weighted by Crippen LogP contribution is 2.55. The van der Waals surface area contributed by atoms with E-state index in [-0.39, 0.29) is 17.2 Å². The van der Waals surface area contributed by atoms with Crippen molar-refractivity contribution < 1.29 is 55.7 Å². The van der Waals surface area contributed by atoms with E-state index in [1.54, 1.807) is 0 Å². The molecule has 19 heteroatoms. The second-order valence-corrected chi connectivity index (χ2v) is 12.6. The molecular formula is C17H23F4N5O8P2. The predicted octanol–water partition coefficient (Wildman–Crippen LogP) is 2.13. The molecule has 5 atom stereocenters. The van der Waals surface area contributed by atoms with Gasteiger partial charge in [0, 0.05) is 6.04 Å². The van der Waals surface area contributed by atoms with Gasteiger partial charge in [0.2, 0.25) is 5.82 Å². The summed E-state index contributed by atoms with van der Waals surface area (Å²) >= 11 is 0. The zero-order chi connectivity index (χ0) is 26.5. The quantitative estimate of drug-likeness (QED) is 0.233. The normalized spacial score (nSPS) is 27.6. The minimum Gasteiger partial charge on any atom is -0.387 e. The molecule has 5 N–H and O–H groups in total. The maximum Gasteiger partial charge on any atom is 0.451 e. The number of ether oxygens (including phenoxy) is 1. The van der Waals surface area contributed by atoms with Crippen LogP contribution >= 0.6 is 15.2 Å². The maximum atomic E-state index is 14.9. The average molecular weight is 563 g/mol. The van der Waals surface area contributed by atoms with E-state index in [1.165, 1.54) is 0 Å². The Morgan fingerprint density at radius 3 is 2.47 bits per heavy atom. The van der Waals surface area contributed by atoms with Gasteiger partial charge in [-0.25, -0.2) is 19.0 Å². The van der Waals surface area contributed by atoms with E-state index in [2.05, 4.69) is 24.9 Å². The van der Waals surface area contributed by atoms with E-state index in [4.69, 9.17) is 14.5 Å². The van der Waals surface area contributed by atoms with Crippen LogP contribution in [0.2, 0.25) is 0 Å². The smallest absolute Gasteiger partial charge is 0.387 e. The van der Waals surface area contributed by atoms with E-state index >= 15 is 0 Å². The van der Waals surface area contributed by atoms with Gasteiger partial charge in [0.1, 0.15) is 18.0 Å². The van der Waals surface area contributed by atoms with Gasteiger partial charge in [-0.05, 0) is 12.8 Å². The van der Waals surface area contributed by atoms with Crippen molar-refractivity contribution in [1.82, 2.24) is 19.7 Å². The standard InChI is InChI=1S/C17H23F4N5O8P2/c18-11-12(27)10(6-33-36(31,32)7-35(28,29)30)34-15(11)26-14-9(5-22-26)13(23-8-3-1-2-4-8)24-16(25-14)17(19,20)21/h5,8,10-12,15,27H,1-4,6-7H2,(H,31,32)(H,23,24,25)(H2,28,29,30)/t10-,11+,12-,15-/m1/s1. The number of aliphatic hydroxyl groups excluding tert-OH is 1. The van der Waals surface area contributed by atoms with E-state index in [9.17, 15) is 36.7 Å². The number of alkyl halides is 4. The van der Waals surface area contributed by atoms with Gasteiger partial charge in [-0.15, -0.1) is 0 Å². The van der Waals surface area contributed by atoms with Gasteiger partial charge in [-0.3, -0.25) is 9.13 Å². The number of halogens is 4. The minimum atomic E-state index is -4.93. The summed E-state index contributed by atoms with van der Waals surface area (Å²) in [5.41, 5.74) is -0.423. The molecule has 1 aliphatic carbocycles. The molecule has 3 heterocycles. The third-order valence-corrected chi connectivity index (χ3v) is 9.20. The van der Waals surface area contributed by atoms with Crippen LogP contribution in [0.1, 0.15) is 37.7 Å². The number of hydrogen-bond acceptors (Lipinski definition) is 9. The predicted molar refractivity (Wildman–Crippen MR) is 114 cm³/mol. The Labute approximate surface area is 200 Å². The van der Waals surface area contributed by atoms with Gasteiger partial charge in [0.05, 0.1) is 18.2 Å². The third kappa shape index (κ3) is 6.05. The zero-order valence-electron chi connectivity index (χ0n) is 18.3. The molecule has 2 aliphatic rings. The molecule has 13 nitrogen and oxygen atoms in total. The molecule has 1 unspecified atom stereocenters. The van der Waals surface area contributed by atoms with Crippen molar-refractivity contribution in [1.29, 1.82) is 0 Å². The second-order valence-electron chi connectivity index (χ2n) is 8.59. The fourth-order valence-corrected chi connectivity index (χ4v) is 6.68. The number of aliphatic hydroxyl groups is 1. The summed E-state index contributed by atoms with van der Waals surface area (Å²) in [5, 5.41) is 17.1. The van der Waals surface area contributed by atoms with Crippen LogP contribution < -0.4 is 5.32 Å². The zero-order valence-corrected chi connectivity index (χ0v) is 20.1. The number of aromatic nitrogens is 4. The lowest BCUT2D eigenvalue weighted by Gasteiger charge is -2.18. The molecule has 0 radical (unpaired) electrons. The first kappa shape index (κ1) is 27.3. The highest BCUT2D eigenvalue weighted by atomic mass is 31.2. The molecule has 2 aromatic heterocycles. The molecule has 36 heavy (non-hydrogen) atoms. The summed E-state index contributed by atoms with van der Waals surface area (Å²) in [5.74, 6) is -3.15. The number of fused-ring (bicyclic) bond motifs is 1. The molecule has 2 aromatic rings. The summed E-state index contributed by atoms with van der Waals surface area (Å²) in [7, 11) is -9.76. The van der Waals surface area contributed by atoms with Gasteiger partial charge >= 0.3 is 21.4 Å². The molecular weight excluding hydrogens is 540 g/mol. The third-order valence-electron chi connectivity index (χ3n) is 5.74. The fourth-order valence-electron chi connectivity index (χ4n) is 4.11. The van der Waals surface area contributed by atoms with Gasteiger partial charge in [-0.2, -0.15) is 18.3 Å². The van der Waals surface area contributed by atoms with Crippen LogP contribution in [0, 0.1) is 0 Å². The first-order valence-corrected chi connectivity index (χ1v) is 14.3. The summed E-state index contributed by atoms with van der Waals surface area (Å²) in [6, 6.07) is -0.116. The Morgan fingerprint density at radius 2 is 1.86 bits per heavy atom. The van der Waals surface area contributed by atoms with Gasteiger partial charge in [0.25, 0.3) is 0 Å². The number of hydrogen-bond donors (Lipinski definition) is 5. The van der Waals surface area contributed by atoms with Crippen molar-refractivity contribution >= 4 is 32.0 Å². The van der Waals surface area contributed by atoms with Crippen molar-refractivity contribution in [2.45, 2.75) is 62.5 Å². The highest BCUT2D eigenvalue weighted by molar-refractivity contribution is 7.70. The van der Waals surface area contributed by atoms with E-state index in [0.29, 0.717) is 4.68 Å². The molecule has 1 saturated carbocycles. The van der Waals surface area contributed by atoms with Crippen molar-refractivity contribution in [3.63, 3.8) is 0 Å². The average Bonchev–Trinajstić information content (AvgIpc) is 3.45. The molecule has 2 fully saturated rings. The van der Waals surface area contributed by atoms with Gasteiger partial charge in [-0.1, -0.05) is 12.8 Å². The summed E-state index contributed by atoms with van der Waals surface area (Å²) in [6.07, 6.45) is -8.20. The lowest BCUT2D eigenvalue weighted by molar-refractivity contribution is -0.144. The van der Waals surface area contributed by atoms with Crippen molar-refractivity contribution in [2.75, 3.05) is 17.8 Å². The Kier molecular flexibility index (Phi) is 7.50.